The number of rotatable bonds is 6. The molecule has 1 rings (SSSR count). The van der Waals surface area contributed by atoms with Gasteiger partial charge in [0.1, 0.15) is 5.69 Å². The second-order valence-corrected chi connectivity index (χ2v) is 5.01. The highest BCUT2D eigenvalue weighted by molar-refractivity contribution is 5.98. The molecule has 6 nitrogen and oxygen atoms in total. The maximum absolute atomic E-state index is 14.0. The van der Waals surface area contributed by atoms with Gasteiger partial charge in [0.05, 0.1) is 4.92 Å². The second-order valence-electron chi connectivity index (χ2n) is 5.01. The Morgan fingerprint density at radius 2 is 1.38 bits per heavy atom. The fourth-order valence-corrected chi connectivity index (χ4v) is 1.58. The Bertz CT molecular complexity index is 793. The second kappa shape index (κ2) is 7.27. The van der Waals surface area contributed by atoms with Gasteiger partial charge < -0.3 is 5.32 Å². The monoisotopic (exact) mass is 450 g/mol. The first-order chi connectivity index (χ1) is 12.8. The van der Waals surface area contributed by atoms with Gasteiger partial charge in [-0.2, -0.15) is 48.3 Å². The number of hydrogen-bond acceptors (Lipinski definition) is 4. The van der Waals surface area contributed by atoms with Crippen molar-refractivity contribution in [1.29, 1.82) is 0 Å². The lowest BCUT2D eigenvalue weighted by molar-refractivity contribution is -0.472. The number of nitro benzene ring substituents is 1. The molecule has 0 radical (unpaired) electrons. The van der Waals surface area contributed by atoms with Crippen molar-refractivity contribution < 1.29 is 62.7 Å². The maximum Gasteiger partial charge on any atom is 0.462 e. The molecule has 0 aliphatic rings. The molecule has 0 bridgehead atoms. The number of amides is 1. The number of carbonyl (C=O) groups is 1. The van der Waals surface area contributed by atoms with Gasteiger partial charge in [-0.15, -0.1) is 0 Å². The van der Waals surface area contributed by atoms with E-state index >= 15 is 0 Å². The average Bonchev–Trinajstić information content (AvgIpc) is 2.52. The van der Waals surface area contributed by atoms with E-state index in [2.05, 4.69) is 0 Å². The van der Waals surface area contributed by atoms with Crippen LogP contribution in [0.5, 0.6) is 0 Å². The SMILES string of the molecule is O=C(Nc1ccccc1[N+](=O)[O-])C(F)(OC(F)(F)C(F)(F)C(F)(F)F)C(F)(F)F. The Labute approximate surface area is 151 Å². The fraction of sp³-hybridized carbons (Fsp3) is 0.417. The Kier molecular flexibility index (Phi) is 6.10. The van der Waals surface area contributed by atoms with Crippen LogP contribution in [0.15, 0.2) is 24.3 Å². The minimum Gasteiger partial charge on any atom is -0.315 e. The van der Waals surface area contributed by atoms with Crippen molar-refractivity contribution in [1.82, 2.24) is 0 Å². The van der Waals surface area contributed by atoms with Crippen molar-refractivity contribution >= 4 is 17.3 Å². The van der Waals surface area contributed by atoms with Crippen molar-refractivity contribution in [2.45, 2.75) is 30.2 Å². The summed E-state index contributed by atoms with van der Waals surface area (Å²) in [4.78, 5) is 20.9. The molecule has 17 heteroatoms. The number of nitrogens with zero attached hydrogens (tertiary/aromatic N) is 1. The van der Waals surface area contributed by atoms with E-state index in [9.17, 15) is 63.2 Å². The lowest BCUT2D eigenvalue weighted by Crippen LogP contribution is -2.62. The van der Waals surface area contributed by atoms with Crippen molar-refractivity contribution in [3.8, 4) is 0 Å². The lowest BCUT2D eigenvalue weighted by Gasteiger charge is -2.34. The number of nitrogens with one attached hydrogen (secondary N) is 1. The third-order valence-corrected chi connectivity index (χ3v) is 3.00. The summed E-state index contributed by atoms with van der Waals surface area (Å²) in [5, 5.41) is 11.5. The molecule has 0 aliphatic carbocycles. The van der Waals surface area contributed by atoms with Crippen LogP contribution in [-0.4, -0.2) is 41.1 Å². The molecular weight excluding hydrogens is 445 g/mol. The summed E-state index contributed by atoms with van der Waals surface area (Å²) in [7, 11) is 0. The zero-order chi connectivity index (χ0) is 23.1. The van der Waals surface area contributed by atoms with Crippen LogP contribution >= 0.6 is 0 Å². The number of para-hydroxylation sites is 2. The molecule has 0 saturated carbocycles. The summed E-state index contributed by atoms with van der Waals surface area (Å²) >= 11 is 0. The summed E-state index contributed by atoms with van der Waals surface area (Å²) in [6.07, 6.45) is -21.3. The van der Waals surface area contributed by atoms with Crippen LogP contribution in [0.25, 0.3) is 0 Å². The first kappa shape index (κ1) is 24.3. The van der Waals surface area contributed by atoms with Crippen molar-refractivity contribution in [2.75, 3.05) is 5.32 Å². The molecule has 0 aliphatic heterocycles. The molecule has 0 spiro atoms. The topological polar surface area (TPSA) is 81.5 Å². The molecule has 1 unspecified atom stereocenters. The largest absolute Gasteiger partial charge is 0.462 e. The Balaban J connectivity index is 3.40. The van der Waals surface area contributed by atoms with Gasteiger partial charge in [-0.25, -0.2) is 0 Å². The normalized spacial score (nSPS) is 15.6. The number of hydrogen-bond donors (Lipinski definition) is 1. The van der Waals surface area contributed by atoms with Crippen LogP contribution in [0, 0.1) is 10.1 Å². The quantitative estimate of drug-likeness (QED) is 0.391. The van der Waals surface area contributed by atoms with E-state index < -0.39 is 52.4 Å². The highest BCUT2D eigenvalue weighted by Crippen LogP contribution is 2.51. The van der Waals surface area contributed by atoms with Crippen LogP contribution in [0.3, 0.4) is 0 Å². The number of benzene rings is 1. The van der Waals surface area contributed by atoms with Gasteiger partial charge >= 0.3 is 30.2 Å². The smallest absolute Gasteiger partial charge is 0.315 e. The van der Waals surface area contributed by atoms with Gasteiger partial charge in [0.2, 0.25) is 0 Å². The van der Waals surface area contributed by atoms with Crippen LogP contribution in [-0.2, 0) is 9.53 Å². The Hall–Kier alpha value is -2.72. The lowest BCUT2D eigenvalue weighted by atomic mass is 10.2. The standard InChI is InChI=1S/C12H5F11N2O4/c13-8(10(16,17)18,29-12(22,23)9(14,15)11(19,20)21)7(26)24-5-3-1-2-4-6(5)25(27)28/h1-4H,(H,24,26). The van der Waals surface area contributed by atoms with E-state index in [4.69, 9.17) is 0 Å². The maximum atomic E-state index is 14.0. The molecule has 164 valence electrons. The first-order valence-electron chi connectivity index (χ1n) is 6.61. The summed E-state index contributed by atoms with van der Waals surface area (Å²) in [5.74, 6) is -17.2. The van der Waals surface area contributed by atoms with Crippen molar-refractivity contribution in [3.05, 3.63) is 34.4 Å². The summed E-state index contributed by atoms with van der Waals surface area (Å²) < 4.78 is 142. The minimum atomic E-state index is -7.35. The third-order valence-electron chi connectivity index (χ3n) is 3.00. The van der Waals surface area contributed by atoms with Crippen LogP contribution in [0.1, 0.15) is 0 Å². The van der Waals surface area contributed by atoms with Gasteiger partial charge in [-0.3, -0.25) is 19.6 Å². The number of carbonyl (C=O) groups excluding carboxylic acids is 1. The molecule has 0 saturated heterocycles. The van der Waals surface area contributed by atoms with Gasteiger partial charge in [0.25, 0.3) is 11.6 Å². The molecule has 0 aromatic heterocycles. The number of ether oxygens (including phenoxy) is 1. The zero-order valence-corrected chi connectivity index (χ0v) is 13.0. The summed E-state index contributed by atoms with van der Waals surface area (Å²) in [5.41, 5.74) is -2.43. The van der Waals surface area contributed by atoms with Crippen molar-refractivity contribution in [2.24, 2.45) is 0 Å². The van der Waals surface area contributed by atoms with Gasteiger partial charge in [0.15, 0.2) is 0 Å². The number of alkyl halides is 11. The van der Waals surface area contributed by atoms with E-state index in [1.54, 1.807) is 0 Å². The molecular formula is C12H5F11N2O4. The van der Waals surface area contributed by atoms with Crippen LogP contribution in [0.2, 0.25) is 0 Å². The van der Waals surface area contributed by atoms with E-state index in [1.807, 2.05) is 4.74 Å². The zero-order valence-electron chi connectivity index (χ0n) is 13.0. The van der Waals surface area contributed by atoms with Crippen molar-refractivity contribution in [3.63, 3.8) is 0 Å². The van der Waals surface area contributed by atoms with E-state index in [1.165, 1.54) is 0 Å². The van der Waals surface area contributed by atoms with Gasteiger partial charge in [-0.05, 0) is 6.07 Å². The Morgan fingerprint density at radius 3 is 1.79 bits per heavy atom. The summed E-state index contributed by atoms with van der Waals surface area (Å²) in [6.45, 7) is 0. The minimum absolute atomic E-state index is 0.481. The Morgan fingerprint density at radius 1 is 0.897 bits per heavy atom. The molecule has 0 fully saturated rings. The number of anilines is 1. The summed E-state index contributed by atoms with van der Waals surface area (Å²) in [6, 6.07) is 2.78. The highest BCUT2D eigenvalue weighted by atomic mass is 19.4. The molecule has 1 aromatic carbocycles. The number of nitro groups is 1. The van der Waals surface area contributed by atoms with Crippen LogP contribution in [0.4, 0.5) is 59.7 Å². The van der Waals surface area contributed by atoms with Gasteiger partial charge in [-0.1, -0.05) is 12.1 Å². The molecule has 1 N–H and O–H groups in total. The molecule has 1 aromatic rings. The predicted molar refractivity (Wildman–Crippen MR) is 68.7 cm³/mol. The van der Waals surface area contributed by atoms with Crippen LogP contribution < -0.4 is 5.32 Å². The average molecular weight is 450 g/mol. The molecule has 1 atom stereocenters. The molecule has 1 amide bonds. The fourth-order valence-electron chi connectivity index (χ4n) is 1.58. The highest BCUT2D eigenvalue weighted by Gasteiger charge is 2.79. The third kappa shape index (κ3) is 4.48. The predicted octanol–water partition coefficient (Wildman–Crippen LogP) is 4.57. The van der Waals surface area contributed by atoms with Gasteiger partial charge in [0, 0.05) is 6.07 Å². The van der Waals surface area contributed by atoms with E-state index in [0.717, 1.165) is 17.4 Å². The van der Waals surface area contributed by atoms with E-state index in [0.29, 0.717) is 12.1 Å². The van der Waals surface area contributed by atoms with E-state index in [-0.39, 0.29) is 0 Å². The first-order valence-corrected chi connectivity index (χ1v) is 6.61. The molecule has 29 heavy (non-hydrogen) atoms. The molecule has 0 heterocycles. The number of halogens is 11.